The zero-order chi connectivity index (χ0) is 14.2. The van der Waals surface area contributed by atoms with Crippen molar-refractivity contribution in [3.63, 3.8) is 0 Å². The standard InChI is InChI=1S/C14H11FN2OS2/c15-11-6-4-10(5-7-11)14(18)9-20-13(19)17(14)12-3-1-2-8-16-12/h1-8,18H,9H2. The Morgan fingerprint density at radius 1 is 1.25 bits per heavy atom. The highest BCUT2D eigenvalue weighted by Gasteiger charge is 2.45. The minimum Gasteiger partial charge on any atom is -0.366 e. The van der Waals surface area contributed by atoms with Crippen LogP contribution >= 0.6 is 24.0 Å². The molecule has 0 radical (unpaired) electrons. The molecule has 3 rings (SSSR count). The van der Waals surface area contributed by atoms with E-state index in [0.717, 1.165) is 0 Å². The summed E-state index contributed by atoms with van der Waals surface area (Å²) in [5.41, 5.74) is -0.707. The number of halogens is 1. The third-order valence-corrected chi connectivity index (χ3v) is 4.65. The molecular formula is C14H11FN2OS2. The molecule has 0 bridgehead atoms. The van der Waals surface area contributed by atoms with Crippen molar-refractivity contribution in [3.05, 3.63) is 60.0 Å². The fourth-order valence-corrected chi connectivity index (χ4v) is 3.56. The second-order valence-electron chi connectivity index (χ2n) is 4.40. The average molecular weight is 306 g/mol. The Bertz CT molecular complexity index is 635. The first-order valence-electron chi connectivity index (χ1n) is 5.98. The highest BCUT2D eigenvalue weighted by Crippen LogP contribution is 2.41. The van der Waals surface area contributed by atoms with Crippen LogP contribution in [0.5, 0.6) is 0 Å². The minimum absolute atomic E-state index is 0.338. The first-order chi connectivity index (χ1) is 9.61. The van der Waals surface area contributed by atoms with Gasteiger partial charge in [-0.05, 0) is 24.3 Å². The Morgan fingerprint density at radius 3 is 2.65 bits per heavy atom. The number of rotatable bonds is 2. The fraction of sp³-hybridized carbons (Fsp3) is 0.143. The zero-order valence-electron chi connectivity index (χ0n) is 10.4. The van der Waals surface area contributed by atoms with Crippen LogP contribution < -0.4 is 4.90 Å². The van der Waals surface area contributed by atoms with Crippen LogP contribution in [0.2, 0.25) is 0 Å². The predicted octanol–water partition coefficient (Wildman–Crippen LogP) is 2.90. The van der Waals surface area contributed by atoms with Gasteiger partial charge in [0.15, 0.2) is 5.72 Å². The lowest BCUT2D eigenvalue weighted by atomic mass is 10.0. The van der Waals surface area contributed by atoms with E-state index in [1.54, 1.807) is 35.4 Å². The molecule has 6 heteroatoms. The van der Waals surface area contributed by atoms with Gasteiger partial charge in [-0.2, -0.15) is 0 Å². The molecule has 0 spiro atoms. The number of aliphatic hydroxyl groups is 1. The molecule has 1 fully saturated rings. The summed E-state index contributed by atoms with van der Waals surface area (Å²) in [6.07, 6.45) is 1.64. The number of thiocarbonyl (C=S) groups is 1. The van der Waals surface area contributed by atoms with Gasteiger partial charge in [-0.1, -0.05) is 42.2 Å². The molecule has 1 aromatic carbocycles. The second kappa shape index (κ2) is 5.12. The van der Waals surface area contributed by atoms with Gasteiger partial charge in [0.05, 0.1) is 5.75 Å². The molecule has 20 heavy (non-hydrogen) atoms. The van der Waals surface area contributed by atoms with Crippen molar-refractivity contribution >= 4 is 34.1 Å². The number of hydrogen-bond acceptors (Lipinski definition) is 4. The van der Waals surface area contributed by atoms with Crippen LogP contribution in [0.25, 0.3) is 0 Å². The normalized spacial score (nSPS) is 22.3. The van der Waals surface area contributed by atoms with E-state index in [4.69, 9.17) is 12.2 Å². The molecule has 2 heterocycles. The van der Waals surface area contributed by atoms with Gasteiger partial charge in [0, 0.05) is 11.8 Å². The lowest BCUT2D eigenvalue weighted by Gasteiger charge is -2.33. The molecule has 1 unspecified atom stereocenters. The number of aromatic nitrogens is 1. The van der Waals surface area contributed by atoms with Crippen LogP contribution in [0.15, 0.2) is 48.7 Å². The Labute approximate surface area is 125 Å². The third-order valence-electron chi connectivity index (χ3n) is 3.13. The van der Waals surface area contributed by atoms with E-state index in [-0.39, 0.29) is 5.82 Å². The predicted molar refractivity (Wildman–Crippen MR) is 82.1 cm³/mol. The first kappa shape index (κ1) is 13.5. The second-order valence-corrected chi connectivity index (χ2v) is 6.01. The largest absolute Gasteiger partial charge is 0.366 e. The highest BCUT2D eigenvalue weighted by molar-refractivity contribution is 8.23. The van der Waals surface area contributed by atoms with Crippen LogP contribution in [0.4, 0.5) is 10.2 Å². The van der Waals surface area contributed by atoms with E-state index in [0.29, 0.717) is 21.5 Å². The Hall–Kier alpha value is -1.50. The van der Waals surface area contributed by atoms with Gasteiger partial charge in [0.1, 0.15) is 16.0 Å². The minimum atomic E-state index is -1.30. The summed E-state index contributed by atoms with van der Waals surface area (Å²) in [7, 11) is 0. The van der Waals surface area contributed by atoms with Crippen molar-refractivity contribution in [3.8, 4) is 0 Å². The van der Waals surface area contributed by atoms with Gasteiger partial charge in [0.2, 0.25) is 0 Å². The van der Waals surface area contributed by atoms with Crippen LogP contribution in [0.3, 0.4) is 0 Å². The molecule has 1 aliphatic heterocycles. The third kappa shape index (κ3) is 2.19. The maximum absolute atomic E-state index is 13.1. The molecule has 0 saturated carbocycles. The number of benzene rings is 1. The number of nitrogens with zero attached hydrogens (tertiary/aromatic N) is 2. The fourth-order valence-electron chi connectivity index (χ4n) is 2.14. The van der Waals surface area contributed by atoms with Gasteiger partial charge >= 0.3 is 0 Å². The van der Waals surface area contributed by atoms with Crippen molar-refractivity contribution in [2.45, 2.75) is 5.72 Å². The molecule has 1 N–H and O–H groups in total. The van der Waals surface area contributed by atoms with Crippen LogP contribution in [0, 0.1) is 5.82 Å². The smallest absolute Gasteiger partial charge is 0.180 e. The van der Waals surface area contributed by atoms with Gasteiger partial charge in [-0.25, -0.2) is 9.37 Å². The average Bonchev–Trinajstić information content (AvgIpc) is 2.77. The SMILES string of the molecule is OC1(c2ccc(F)cc2)CSC(=S)N1c1ccccn1. The highest BCUT2D eigenvalue weighted by atomic mass is 32.2. The summed E-state index contributed by atoms with van der Waals surface area (Å²) in [6, 6.07) is 11.2. The summed E-state index contributed by atoms with van der Waals surface area (Å²) in [5, 5.41) is 11.0. The number of anilines is 1. The van der Waals surface area contributed by atoms with Crippen LogP contribution in [-0.4, -0.2) is 20.2 Å². The molecule has 2 aromatic rings. The Kier molecular flexibility index (Phi) is 3.45. The van der Waals surface area contributed by atoms with E-state index < -0.39 is 5.72 Å². The number of thioether (sulfide) groups is 1. The molecule has 1 aromatic heterocycles. The van der Waals surface area contributed by atoms with Gasteiger partial charge in [0.25, 0.3) is 0 Å². The summed E-state index contributed by atoms with van der Waals surface area (Å²) in [4.78, 5) is 5.85. The van der Waals surface area contributed by atoms with E-state index in [1.165, 1.54) is 23.9 Å². The quantitative estimate of drug-likeness (QED) is 0.863. The number of pyridine rings is 1. The van der Waals surface area contributed by atoms with E-state index in [9.17, 15) is 9.50 Å². The van der Waals surface area contributed by atoms with Crippen molar-refractivity contribution in [2.75, 3.05) is 10.7 Å². The van der Waals surface area contributed by atoms with Crippen molar-refractivity contribution in [1.82, 2.24) is 4.98 Å². The molecule has 0 aliphatic carbocycles. The monoisotopic (exact) mass is 306 g/mol. The van der Waals surface area contributed by atoms with Crippen LogP contribution in [0.1, 0.15) is 5.56 Å². The maximum atomic E-state index is 13.1. The van der Waals surface area contributed by atoms with E-state index >= 15 is 0 Å². The summed E-state index contributed by atoms with van der Waals surface area (Å²) in [5.74, 6) is 0.623. The van der Waals surface area contributed by atoms with Crippen molar-refractivity contribution < 1.29 is 9.50 Å². The first-order valence-corrected chi connectivity index (χ1v) is 7.37. The Balaban J connectivity index is 2.07. The molecular weight excluding hydrogens is 295 g/mol. The van der Waals surface area contributed by atoms with Gasteiger partial charge < -0.3 is 5.11 Å². The van der Waals surface area contributed by atoms with Gasteiger partial charge in [-0.15, -0.1) is 0 Å². The lowest BCUT2D eigenvalue weighted by molar-refractivity contribution is 0.0765. The molecule has 1 aliphatic rings. The number of hydrogen-bond donors (Lipinski definition) is 1. The molecule has 1 atom stereocenters. The van der Waals surface area contributed by atoms with E-state index in [2.05, 4.69) is 4.98 Å². The molecule has 1 saturated heterocycles. The summed E-state index contributed by atoms with van der Waals surface area (Å²) >= 11 is 6.69. The van der Waals surface area contributed by atoms with Crippen molar-refractivity contribution in [1.29, 1.82) is 0 Å². The molecule has 3 nitrogen and oxygen atoms in total. The van der Waals surface area contributed by atoms with Crippen LogP contribution in [-0.2, 0) is 5.72 Å². The Morgan fingerprint density at radius 2 is 2.00 bits per heavy atom. The zero-order valence-corrected chi connectivity index (χ0v) is 12.0. The topological polar surface area (TPSA) is 36.4 Å². The van der Waals surface area contributed by atoms with Crippen molar-refractivity contribution in [2.24, 2.45) is 0 Å². The molecule has 102 valence electrons. The lowest BCUT2D eigenvalue weighted by Crippen LogP contribution is -2.45. The summed E-state index contributed by atoms with van der Waals surface area (Å²) in [6.45, 7) is 0. The summed E-state index contributed by atoms with van der Waals surface area (Å²) < 4.78 is 13.6. The molecule has 0 amide bonds. The maximum Gasteiger partial charge on any atom is 0.180 e. The van der Waals surface area contributed by atoms with E-state index in [1.807, 2.05) is 6.07 Å². The van der Waals surface area contributed by atoms with Gasteiger partial charge in [-0.3, -0.25) is 4.90 Å².